The van der Waals surface area contributed by atoms with Gasteiger partial charge in [-0.1, -0.05) is 24.8 Å². The molecule has 0 spiro atoms. The van der Waals surface area contributed by atoms with Crippen molar-refractivity contribution in [3.63, 3.8) is 0 Å². The third kappa shape index (κ3) is 2.68. The Balaban J connectivity index is 1.97. The van der Waals surface area contributed by atoms with E-state index in [1.165, 1.54) is 0 Å². The molecule has 110 valence electrons. The van der Waals surface area contributed by atoms with Crippen LogP contribution in [-0.4, -0.2) is 28.5 Å². The molecule has 0 atom stereocenters. The minimum Gasteiger partial charge on any atom is -0.321 e. The summed E-state index contributed by atoms with van der Waals surface area (Å²) >= 11 is 0. The second-order valence-electron chi connectivity index (χ2n) is 5.53. The zero-order chi connectivity index (χ0) is 15.7. The van der Waals surface area contributed by atoms with Crippen LogP contribution in [0.3, 0.4) is 0 Å². The Hall–Kier alpha value is -2.75. The summed E-state index contributed by atoms with van der Waals surface area (Å²) in [5, 5.41) is 1.03. The molecular formula is C18H18N3O+. The van der Waals surface area contributed by atoms with Gasteiger partial charge in [-0.2, -0.15) is 0 Å². The second kappa shape index (κ2) is 5.56. The molecule has 0 saturated carbocycles. The van der Waals surface area contributed by atoms with E-state index < -0.39 is 0 Å². The summed E-state index contributed by atoms with van der Waals surface area (Å²) in [4.78, 5) is 19.5. The van der Waals surface area contributed by atoms with Gasteiger partial charge in [-0.3, -0.25) is 9.79 Å². The molecule has 3 rings (SSSR count). The summed E-state index contributed by atoms with van der Waals surface area (Å²) in [6.45, 7) is 5.62. The quantitative estimate of drug-likeness (QED) is 0.686. The molecule has 0 unspecified atom stereocenters. The van der Waals surface area contributed by atoms with Crippen LogP contribution < -0.4 is 5.56 Å². The zero-order valence-electron chi connectivity index (χ0n) is 12.8. The minimum atomic E-state index is -0.0589. The number of pyridine rings is 1. The third-order valence-electron chi connectivity index (χ3n) is 3.71. The van der Waals surface area contributed by atoms with E-state index in [0.717, 1.165) is 27.9 Å². The molecule has 4 nitrogen and oxygen atoms in total. The van der Waals surface area contributed by atoms with E-state index in [4.69, 9.17) is 0 Å². The highest BCUT2D eigenvalue weighted by molar-refractivity contribution is 6.31. The van der Waals surface area contributed by atoms with E-state index in [1.54, 1.807) is 6.21 Å². The second-order valence-corrected chi connectivity index (χ2v) is 5.53. The van der Waals surface area contributed by atoms with Crippen molar-refractivity contribution >= 4 is 28.4 Å². The molecule has 2 heterocycles. The molecule has 4 heteroatoms. The van der Waals surface area contributed by atoms with Crippen molar-refractivity contribution in [1.82, 2.24) is 4.98 Å². The molecular weight excluding hydrogens is 274 g/mol. The number of aromatic nitrogens is 1. The lowest BCUT2D eigenvalue weighted by Gasteiger charge is -2.02. The molecule has 1 N–H and O–H groups in total. The monoisotopic (exact) mass is 292 g/mol. The van der Waals surface area contributed by atoms with Gasteiger partial charge in [-0.15, -0.1) is 0 Å². The molecule has 0 bridgehead atoms. The number of benzene rings is 1. The first-order valence-corrected chi connectivity index (χ1v) is 7.16. The fourth-order valence-corrected chi connectivity index (χ4v) is 2.55. The highest BCUT2D eigenvalue weighted by Crippen LogP contribution is 2.22. The molecule has 0 aliphatic carbocycles. The summed E-state index contributed by atoms with van der Waals surface area (Å²) in [6.07, 6.45) is 4.48. The first kappa shape index (κ1) is 14.2. The van der Waals surface area contributed by atoms with Crippen molar-refractivity contribution in [2.45, 2.75) is 13.3 Å². The minimum absolute atomic E-state index is 0.0589. The van der Waals surface area contributed by atoms with Gasteiger partial charge in [-0.05, 0) is 24.4 Å². The highest BCUT2D eigenvalue weighted by Gasteiger charge is 2.23. The van der Waals surface area contributed by atoms with Crippen LogP contribution in [-0.2, 0) is 0 Å². The molecule has 0 radical (unpaired) electrons. The van der Waals surface area contributed by atoms with Crippen LogP contribution in [0.5, 0.6) is 0 Å². The van der Waals surface area contributed by atoms with Gasteiger partial charge in [0, 0.05) is 16.8 Å². The molecule has 0 amide bonds. The number of hydrogen-bond donors (Lipinski definition) is 1. The fraction of sp³-hybridized carbons (Fsp3) is 0.167. The van der Waals surface area contributed by atoms with Crippen molar-refractivity contribution in [3.05, 3.63) is 64.7 Å². The molecule has 0 saturated heterocycles. The Morgan fingerprint density at radius 3 is 2.95 bits per heavy atom. The fourth-order valence-electron chi connectivity index (χ4n) is 2.55. The van der Waals surface area contributed by atoms with Gasteiger partial charge in [0.25, 0.3) is 5.56 Å². The maximum Gasteiger partial charge on any atom is 0.256 e. The first-order valence-electron chi connectivity index (χ1n) is 7.16. The maximum absolute atomic E-state index is 12.3. The van der Waals surface area contributed by atoms with Crippen LogP contribution in [0.4, 0.5) is 0 Å². The van der Waals surface area contributed by atoms with E-state index >= 15 is 0 Å². The lowest BCUT2D eigenvalue weighted by Crippen LogP contribution is -2.12. The standard InChI is InChI=1S/C18H17N3O/c1-12(2)19-10-15-8-14(11-21(15)3)16-9-13-6-4-5-7-17(13)20-18(16)22/h4-7,9-11H,1,8H2,2-3H3/p+1. The summed E-state index contributed by atoms with van der Waals surface area (Å²) in [5.74, 6) is 0. The number of allylic oxidation sites excluding steroid dienone is 2. The van der Waals surface area contributed by atoms with Crippen molar-refractivity contribution in [3.8, 4) is 0 Å². The van der Waals surface area contributed by atoms with Crippen LogP contribution in [0.2, 0.25) is 0 Å². The number of aliphatic imine (C=N–C) groups is 1. The predicted molar refractivity (Wildman–Crippen MR) is 91.7 cm³/mol. The van der Waals surface area contributed by atoms with Crippen molar-refractivity contribution < 1.29 is 4.58 Å². The predicted octanol–water partition coefficient (Wildman–Crippen LogP) is 2.96. The van der Waals surface area contributed by atoms with Crippen LogP contribution in [0.25, 0.3) is 16.5 Å². The highest BCUT2D eigenvalue weighted by atomic mass is 16.1. The topological polar surface area (TPSA) is 48.2 Å². The van der Waals surface area contributed by atoms with Crippen LogP contribution in [0, 0.1) is 0 Å². The molecule has 1 aliphatic rings. The van der Waals surface area contributed by atoms with Crippen molar-refractivity contribution in [2.75, 3.05) is 7.05 Å². The smallest absolute Gasteiger partial charge is 0.256 e. The number of para-hydroxylation sites is 1. The van der Waals surface area contributed by atoms with E-state index in [-0.39, 0.29) is 5.56 Å². The molecule has 22 heavy (non-hydrogen) atoms. The number of rotatable bonds is 3. The first-order chi connectivity index (χ1) is 10.5. The van der Waals surface area contributed by atoms with E-state index in [9.17, 15) is 4.79 Å². The van der Waals surface area contributed by atoms with Gasteiger partial charge in [0.1, 0.15) is 7.05 Å². The molecule has 0 fully saturated rings. The van der Waals surface area contributed by atoms with E-state index in [2.05, 4.69) is 16.6 Å². The Labute approximate surface area is 128 Å². The van der Waals surface area contributed by atoms with Gasteiger partial charge < -0.3 is 4.98 Å². The van der Waals surface area contributed by atoms with Crippen LogP contribution in [0.1, 0.15) is 18.9 Å². The SMILES string of the molecule is C=C(C)N=CC1=[N+](C)C=C(c2cc3ccccc3[nH]c2=O)C1. The zero-order valence-corrected chi connectivity index (χ0v) is 12.8. The van der Waals surface area contributed by atoms with Gasteiger partial charge >= 0.3 is 0 Å². The summed E-state index contributed by atoms with van der Waals surface area (Å²) < 4.78 is 2.00. The number of H-pyrrole nitrogens is 1. The average molecular weight is 292 g/mol. The third-order valence-corrected chi connectivity index (χ3v) is 3.71. The Kier molecular flexibility index (Phi) is 3.59. The molecule has 1 aromatic heterocycles. The lowest BCUT2D eigenvalue weighted by atomic mass is 10.0. The number of hydrogen-bond acceptors (Lipinski definition) is 2. The molecule has 1 aliphatic heterocycles. The van der Waals surface area contributed by atoms with E-state index in [1.807, 2.05) is 55.1 Å². The van der Waals surface area contributed by atoms with Gasteiger partial charge in [-0.25, -0.2) is 4.58 Å². The summed E-state index contributed by atoms with van der Waals surface area (Å²) in [5.41, 5.74) is 4.32. The Morgan fingerprint density at radius 1 is 1.41 bits per heavy atom. The Bertz CT molecular complexity index is 913. The van der Waals surface area contributed by atoms with Crippen LogP contribution in [0.15, 0.2) is 58.6 Å². The summed E-state index contributed by atoms with van der Waals surface area (Å²) in [7, 11) is 1.96. The van der Waals surface area contributed by atoms with Gasteiger partial charge in [0.15, 0.2) is 6.20 Å². The average Bonchev–Trinajstić information content (AvgIpc) is 2.85. The number of nitrogens with zero attached hydrogens (tertiary/aromatic N) is 2. The Morgan fingerprint density at radius 2 is 2.18 bits per heavy atom. The number of aromatic amines is 1. The number of fused-ring (bicyclic) bond motifs is 1. The van der Waals surface area contributed by atoms with Gasteiger partial charge in [0.2, 0.25) is 5.71 Å². The molecule has 1 aromatic carbocycles. The lowest BCUT2D eigenvalue weighted by molar-refractivity contribution is -0.416. The largest absolute Gasteiger partial charge is 0.321 e. The van der Waals surface area contributed by atoms with Crippen molar-refractivity contribution in [2.24, 2.45) is 4.99 Å². The number of nitrogens with one attached hydrogen (secondary N) is 1. The maximum atomic E-state index is 12.3. The normalized spacial score (nSPS) is 14.9. The molecule has 2 aromatic rings. The van der Waals surface area contributed by atoms with E-state index in [0.29, 0.717) is 12.0 Å². The van der Waals surface area contributed by atoms with Gasteiger partial charge in [0.05, 0.1) is 18.2 Å². The van der Waals surface area contributed by atoms with Crippen molar-refractivity contribution in [1.29, 1.82) is 0 Å². The summed E-state index contributed by atoms with van der Waals surface area (Å²) in [6, 6.07) is 9.75. The van der Waals surface area contributed by atoms with Crippen LogP contribution >= 0.6 is 0 Å².